The molecule has 94 valence electrons. The van der Waals surface area contributed by atoms with Gasteiger partial charge in [-0.3, -0.25) is 0 Å². The molecule has 2 nitrogen and oxygen atoms in total. The molecule has 1 N–H and O–H groups in total. The maximum absolute atomic E-state index is 8.70. The Labute approximate surface area is 112 Å². The zero-order chi connectivity index (χ0) is 12.3. The van der Waals surface area contributed by atoms with Gasteiger partial charge < -0.3 is 5.32 Å². The van der Waals surface area contributed by atoms with E-state index in [4.69, 9.17) is 5.26 Å². The summed E-state index contributed by atoms with van der Waals surface area (Å²) in [5.41, 5.74) is 0. The molecule has 0 aromatic carbocycles. The molecule has 0 aliphatic heterocycles. The summed E-state index contributed by atoms with van der Waals surface area (Å²) >= 11 is 3.51. The van der Waals surface area contributed by atoms with E-state index in [1.54, 1.807) is 11.3 Å². The third-order valence-electron chi connectivity index (χ3n) is 2.52. The van der Waals surface area contributed by atoms with E-state index in [2.05, 4.69) is 17.6 Å². The third kappa shape index (κ3) is 6.72. The topological polar surface area (TPSA) is 35.8 Å². The Morgan fingerprint density at radius 2 is 2.12 bits per heavy atom. The fraction of sp³-hybridized carbons (Fsp3) is 0.615. The van der Waals surface area contributed by atoms with Crippen molar-refractivity contribution in [2.75, 3.05) is 18.6 Å². The molecule has 17 heavy (non-hydrogen) atoms. The molecule has 0 aliphatic carbocycles. The normalized spacial score (nSPS) is 10.4. The van der Waals surface area contributed by atoms with Crippen molar-refractivity contribution in [1.29, 1.82) is 5.26 Å². The minimum absolute atomic E-state index is 0.805. The number of nitrogens with zero attached hydrogens (tertiary/aromatic N) is 1. The van der Waals surface area contributed by atoms with Gasteiger partial charge in [0.05, 0.1) is 0 Å². The maximum atomic E-state index is 8.70. The lowest BCUT2D eigenvalue weighted by Gasteiger charge is -2.02. The summed E-state index contributed by atoms with van der Waals surface area (Å²) in [7, 11) is 0. The summed E-state index contributed by atoms with van der Waals surface area (Å²) in [5.74, 6) is 1.29. The van der Waals surface area contributed by atoms with E-state index in [0.29, 0.717) is 0 Å². The second-order valence-corrected chi connectivity index (χ2v) is 6.12. The van der Waals surface area contributed by atoms with Crippen LogP contribution in [-0.2, 0) is 6.54 Å². The van der Waals surface area contributed by atoms with Crippen LogP contribution in [0.1, 0.15) is 35.4 Å². The fourth-order valence-corrected chi connectivity index (χ4v) is 2.86. The van der Waals surface area contributed by atoms with Crippen LogP contribution in [0.5, 0.6) is 0 Å². The Bertz CT molecular complexity index is 341. The molecule has 0 fully saturated rings. The molecule has 1 rings (SSSR count). The first-order valence-electron chi connectivity index (χ1n) is 6.05. The molecule has 1 aromatic rings. The van der Waals surface area contributed by atoms with Crippen molar-refractivity contribution >= 4 is 23.1 Å². The smallest absolute Gasteiger partial charge is 0.110 e. The summed E-state index contributed by atoms with van der Waals surface area (Å²) < 4.78 is 0. The minimum Gasteiger partial charge on any atom is -0.312 e. The molecular formula is C13H20N2S2. The van der Waals surface area contributed by atoms with Crippen LogP contribution in [0.4, 0.5) is 0 Å². The summed E-state index contributed by atoms with van der Waals surface area (Å²) in [5, 5.41) is 12.1. The molecule has 1 heterocycles. The predicted molar refractivity (Wildman–Crippen MR) is 77.6 cm³/mol. The van der Waals surface area contributed by atoms with Crippen molar-refractivity contribution in [2.24, 2.45) is 0 Å². The van der Waals surface area contributed by atoms with Crippen molar-refractivity contribution < 1.29 is 0 Å². The second-order valence-electron chi connectivity index (χ2n) is 3.96. The second kappa shape index (κ2) is 9.52. The highest BCUT2D eigenvalue weighted by Crippen LogP contribution is 2.14. The number of nitriles is 1. The summed E-state index contributed by atoms with van der Waals surface area (Å²) in [6.07, 6.45) is 7.43. The van der Waals surface area contributed by atoms with Crippen LogP contribution in [0.15, 0.2) is 12.1 Å². The molecule has 0 saturated carbocycles. The van der Waals surface area contributed by atoms with Crippen LogP contribution in [0, 0.1) is 11.3 Å². The lowest BCUT2D eigenvalue weighted by molar-refractivity contribution is 0.602. The largest absolute Gasteiger partial charge is 0.312 e. The average molecular weight is 268 g/mol. The number of hydrogen-bond acceptors (Lipinski definition) is 4. The van der Waals surface area contributed by atoms with Gasteiger partial charge in [-0.1, -0.05) is 12.8 Å². The van der Waals surface area contributed by atoms with Gasteiger partial charge in [0.2, 0.25) is 0 Å². The van der Waals surface area contributed by atoms with Crippen LogP contribution in [-0.4, -0.2) is 18.6 Å². The molecule has 0 unspecified atom stereocenters. The Morgan fingerprint density at radius 1 is 1.29 bits per heavy atom. The lowest BCUT2D eigenvalue weighted by atomic mass is 10.2. The van der Waals surface area contributed by atoms with Crippen molar-refractivity contribution in [3.8, 4) is 6.07 Å². The van der Waals surface area contributed by atoms with Crippen LogP contribution in [0.2, 0.25) is 0 Å². The number of unbranched alkanes of at least 4 members (excludes halogenated alkanes) is 3. The Morgan fingerprint density at radius 3 is 2.82 bits per heavy atom. The highest BCUT2D eigenvalue weighted by molar-refractivity contribution is 7.98. The monoisotopic (exact) mass is 268 g/mol. The predicted octanol–water partition coefficient (Wildman–Crippen LogP) is 3.63. The van der Waals surface area contributed by atoms with Gasteiger partial charge >= 0.3 is 0 Å². The van der Waals surface area contributed by atoms with Gasteiger partial charge in [-0.05, 0) is 43.5 Å². The fourth-order valence-electron chi connectivity index (χ4n) is 1.59. The van der Waals surface area contributed by atoms with Gasteiger partial charge in [-0.15, -0.1) is 11.3 Å². The van der Waals surface area contributed by atoms with Gasteiger partial charge in [0.25, 0.3) is 0 Å². The number of thiophene rings is 1. The van der Waals surface area contributed by atoms with Gasteiger partial charge in [0.1, 0.15) is 10.9 Å². The Kier molecular flexibility index (Phi) is 8.16. The van der Waals surface area contributed by atoms with E-state index in [1.807, 2.05) is 23.9 Å². The molecule has 0 atom stereocenters. The highest BCUT2D eigenvalue weighted by atomic mass is 32.2. The molecule has 0 bridgehead atoms. The standard InChI is InChI=1S/C13H20N2S2/c1-16-9-5-3-2-4-8-15-11-13-7-6-12(10-14)17-13/h6-7,15H,2-5,8-9,11H2,1H3. The number of nitrogens with one attached hydrogen (secondary N) is 1. The first kappa shape index (κ1) is 14.6. The van der Waals surface area contributed by atoms with Crippen LogP contribution >= 0.6 is 23.1 Å². The first-order chi connectivity index (χ1) is 8.36. The third-order valence-corrected chi connectivity index (χ3v) is 4.21. The molecule has 0 radical (unpaired) electrons. The summed E-state index contributed by atoms with van der Waals surface area (Å²) in [6, 6.07) is 6.10. The zero-order valence-electron chi connectivity index (χ0n) is 10.4. The SMILES string of the molecule is CSCCCCCCNCc1ccc(C#N)s1. The van der Waals surface area contributed by atoms with Gasteiger partial charge in [0.15, 0.2) is 0 Å². The van der Waals surface area contributed by atoms with E-state index >= 15 is 0 Å². The van der Waals surface area contributed by atoms with Crippen LogP contribution in [0.25, 0.3) is 0 Å². The van der Waals surface area contributed by atoms with E-state index in [0.717, 1.165) is 18.0 Å². The number of hydrogen-bond donors (Lipinski definition) is 1. The summed E-state index contributed by atoms with van der Waals surface area (Å²) in [4.78, 5) is 2.06. The van der Waals surface area contributed by atoms with Crippen LogP contribution < -0.4 is 5.32 Å². The van der Waals surface area contributed by atoms with Gasteiger partial charge in [0, 0.05) is 11.4 Å². The Balaban J connectivity index is 1.95. The molecule has 0 aliphatic rings. The van der Waals surface area contributed by atoms with E-state index in [1.165, 1.54) is 36.3 Å². The maximum Gasteiger partial charge on any atom is 0.110 e. The minimum atomic E-state index is 0.805. The number of rotatable bonds is 9. The molecule has 0 saturated heterocycles. The Hall–Kier alpha value is -0.500. The molecular weight excluding hydrogens is 248 g/mol. The van der Waals surface area contributed by atoms with E-state index in [9.17, 15) is 0 Å². The molecule has 0 amide bonds. The van der Waals surface area contributed by atoms with Crippen LogP contribution in [0.3, 0.4) is 0 Å². The quantitative estimate of drug-likeness (QED) is 0.695. The van der Waals surface area contributed by atoms with Crippen molar-refractivity contribution in [1.82, 2.24) is 5.32 Å². The van der Waals surface area contributed by atoms with Crippen molar-refractivity contribution in [2.45, 2.75) is 32.2 Å². The lowest BCUT2D eigenvalue weighted by Crippen LogP contribution is -2.13. The van der Waals surface area contributed by atoms with Crippen molar-refractivity contribution in [3.63, 3.8) is 0 Å². The van der Waals surface area contributed by atoms with Gasteiger partial charge in [-0.25, -0.2) is 0 Å². The summed E-state index contributed by atoms with van der Waals surface area (Å²) in [6.45, 7) is 1.98. The first-order valence-corrected chi connectivity index (χ1v) is 8.26. The highest BCUT2D eigenvalue weighted by Gasteiger charge is 1.98. The molecule has 4 heteroatoms. The molecule has 1 aromatic heterocycles. The van der Waals surface area contributed by atoms with E-state index in [-0.39, 0.29) is 0 Å². The average Bonchev–Trinajstić information content (AvgIpc) is 2.80. The van der Waals surface area contributed by atoms with E-state index < -0.39 is 0 Å². The zero-order valence-corrected chi connectivity index (χ0v) is 12.0. The molecule has 0 spiro atoms. The van der Waals surface area contributed by atoms with Crippen molar-refractivity contribution in [3.05, 3.63) is 21.9 Å². The number of thioether (sulfide) groups is 1. The van der Waals surface area contributed by atoms with Gasteiger partial charge in [-0.2, -0.15) is 17.0 Å².